The quantitative estimate of drug-likeness (QED) is 0.645. The lowest BCUT2D eigenvalue weighted by atomic mass is 10.3. The number of ether oxygens (including phenoxy) is 1. The fourth-order valence-electron chi connectivity index (χ4n) is 1.58. The molecular weight excluding hydrogens is 370 g/mol. The Balaban J connectivity index is 2.06. The molecule has 1 N–H and O–H groups in total. The van der Waals surface area contributed by atoms with Crippen molar-refractivity contribution in [2.75, 3.05) is 11.9 Å². The second-order valence-electron chi connectivity index (χ2n) is 4.14. The van der Waals surface area contributed by atoms with Crippen LogP contribution in [0.3, 0.4) is 0 Å². The second-order valence-corrected chi connectivity index (χ2v) is 5.06. The van der Waals surface area contributed by atoms with Crippen LogP contribution in [-0.4, -0.2) is 12.5 Å². The van der Waals surface area contributed by atoms with E-state index in [-0.39, 0.29) is 6.07 Å². The Morgan fingerprint density at radius 3 is 2.32 bits per heavy atom. The van der Waals surface area contributed by atoms with Crippen LogP contribution >= 0.6 is 15.9 Å². The zero-order valence-electron chi connectivity index (χ0n) is 10.8. The number of hydrogen-bond acceptors (Lipinski definition) is 2. The third-order valence-corrected chi connectivity index (χ3v) is 3.02. The van der Waals surface area contributed by atoms with Crippen molar-refractivity contribution in [3.05, 3.63) is 58.1 Å². The van der Waals surface area contributed by atoms with Gasteiger partial charge in [0.2, 0.25) is 11.6 Å². The van der Waals surface area contributed by atoms with E-state index in [0.29, 0.717) is 10.2 Å². The first-order chi connectivity index (χ1) is 10.4. The summed E-state index contributed by atoms with van der Waals surface area (Å²) in [7, 11) is 0. The van der Waals surface area contributed by atoms with Gasteiger partial charge >= 0.3 is 0 Å². The van der Waals surface area contributed by atoms with Gasteiger partial charge in [-0.15, -0.1) is 0 Å². The molecule has 0 radical (unpaired) electrons. The number of amides is 1. The maximum absolute atomic E-state index is 13.3. The molecule has 0 heterocycles. The molecule has 0 spiro atoms. The summed E-state index contributed by atoms with van der Waals surface area (Å²) in [6, 6.07) is 6.60. The molecule has 8 heteroatoms. The molecule has 22 heavy (non-hydrogen) atoms. The van der Waals surface area contributed by atoms with Crippen LogP contribution in [0.15, 0.2) is 34.8 Å². The lowest BCUT2D eigenvalue weighted by Gasteiger charge is -2.10. The van der Waals surface area contributed by atoms with E-state index >= 15 is 0 Å². The van der Waals surface area contributed by atoms with Gasteiger partial charge in [-0.2, -0.15) is 8.78 Å². The van der Waals surface area contributed by atoms with Gasteiger partial charge in [-0.05, 0) is 18.2 Å². The Bertz CT molecular complexity index is 698. The molecule has 0 fully saturated rings. The predicted molar refractivity (Wildman–Crippen MR) is 74.5 cm³/mol. The molecule has 2 aromatic carbocycles. The minimum absolute atomic E-state index is 0.0547. The summed E-state index contributed by atoms with van der Waals surface area (Å²) in [5, 5.41) is 2.39. The number of carbonyl (C=O) groups excluding carboxylic acids is 1. The number of carbonyl (C=O) groups is 1. The lowest BCUT2D eigenvalue weighted by Crippen LogP contribution is -2.21. The van der Waals surface area contributed by atoms with E-state index in [2.05, 4.69) is 26.0 Å². The number of nitrogens with one attached hydrogen (secondary N) is 1. The molecule has 0 aliphatic rings. The summed E-state index contributed by atoms with van der Waals surface area (Å²) in [5.74, 6) is -8.64. The number of hydrogen-bond donors (Lipinski definition) is 1. The Morgan fingerprint density at radius 1 is 1.09 bits per heavy atom. The van der Waals surface area contributed by atoms with Crippen LogP contribution in [0.2, 0.25) is 0 Å². The van der Waals surface area contributed by atoms with Crippen LogP contribution in [0, 0.1) is 23.3 Å². The van der Waals surface area contributed by atoms with E-state index in [9.17, 15) is 22.4 Å². The summed E-state index contributed by atoms with van der Waals surface area (Å²) in [6.07, 6.45) is 0. The van der Waals surface area contributed by atoms with Crippen LogP contribution in [0.1, 0.15) is 0 Å². The Labute approximate surface area is 131 Å². The van der Waals surface area contributed by atoms with Gasteiger partial charge in [-0.1, -0.05) is 22.0 Å². The van der Waals surface area contributed by atoms with E-state index in [4.69, 9.17) is 0 Å². The highest BCUT2D eigenvalue weighted by Crippen LogP contribution is 2.26. The fourth-order valence-corrected chi connectivity index (χ4v) is 1.98. The van der Waals surface area contributed by atoms with Crippen LogP contribution < -0.4 is 10.1 Å². The molecule has 116 valence electrons. The van der Waals surface area contributed by atoms with Crippen molar-refractivity contribution in [2.24, 2.45) is 0 Å². The average Bonchev–Trinajstić information content (AvgIpc) is 2.45. The van der Waals surface area contributed by atoms with E-state index in [0.717, 1.165) is 0 Å². The van der Waals surface area contributed by atoms with Gasteiger partial charge in [0.15, 0.2) is 24.0 Å². The molecule has 0 saturated carbocycles. The first kappa shape index (κ1) is 16.3. The minimum Gasteiger partial charge on any atom is -0.477 e. The topological polar surface area (TPSA) is 38.3 Å². The van der Waals surface area contributed by atoms with Crippen LogP contribution in [-0.2, 0) is 4.79 Å². The average molecular weight is 378 g/mol. The van der Waals surface area contributed by atoms with Gasteiger partial charge < -0.3 is 10.1 Å². The zero-order chi connectivity index (χ0) is 16.3. The normalized spacial score (nSPS) is 10.4. The summed E-state index contributed by atoms with van der Waals surface area (Å²) in [5.41, 5.74) is 0.411. The lowest BCUT2D eigenvalue weighted by molar-refractivity contribution is -0.118. The van der Waals surface area contributed by atoms with Crippen molar-refractivity contribution in [3.8, 4) is 5.75 Å². The molecule has 2 aromatic rings. The maximum atomic E-state index is 13.3. The van der Waals surface area contributed by atoms with Crippen molar-refractivity contribution in [1.82, 2.24) is 0 Å². The molecule has 0 unspecified atom stereocenters. The van der Waals surface area contributed by atoms with Crippen molar-refractivity contribution in [3.63, 3.8) is 0 Å². The molecule has 0 atom stereocenters. The number of anilines is 1. The number of halogens is 5. The summed E-state index contributed by atoms with van der Waals surface area (Å²) in [4.78, 5) is 11.6. The zero-order valence-corrected chi connectivity index (χ0v) is 12.4. The van der Waals surface area contributed by atoms with Crippen molar-refractivity contribution in [2.45, 2.75) is 0 Å². The van der Waals surface area contributed by atoms with E-state index in [1.165, 1.54) is 0 Å². The number of benzene rings is 2. The smallest absolute Gasteiger partial charge is 0.262 e. The monoisotopic (exact) mass is 377 g/mol. The number of rotatable bonds is 4. The molecular formula is C14H8BrF4NO2. The van der Waals surface area contributed by atoms with Crippen LogP contribution in [0.25, 0.3) is 0 Å². The predicted octanol–water partition coefficient (Wildman–Crippen LogP) is 4.02. The fraction of sp³-hybridized carbons (Fsp3) is 0.0714. The van der Waals surface area contributed by atoms with Gasteiger partial charge in [-0.25, -0.2) is 8.78 Å². The molecule has 3 nitrogen and oxygen atoms in total. The Hall–Kier alpha value is -2.09. The van der Waals surface area contributed by atoms with Gasteiger partial charge in [-0.3, -0.25) is 4.79 Å². The van der Waals surface area contributed by atoms with Gasteiger partial charge in [0.25, 0.3) is 5.91 Å². The molecule has 0 aromatic heterocycles. The standard InChI is InChI=1S/C14H8BrF4NO2/c15-7-2-1-3-8(4-7)20-11(21)6-22-14-12(18)9(16)5-10(17)13(14)19/h1-5H,6H2,(H,20,21). The highest BCUT2D eigenvalue weighted by molar-refractivity contribution is 9.10. The van der Waals surface area contributed by atoms with Gasteiger partial charge in [0.05, 0.1) is 0 Å². The second kappa shape index (κ2) is 6.78. The van der Waals surface area contributed by atoms with Gasteiger partial charge in [0, 0.05) is 16.2 Å². The molecule has 0 aliphatic carbocycles. The van der Waals surface area contributed by atoms with Crippen molar-refractivity contribution in [1.29, 1.82) is 0 Å². The molecule has 2 rings (SSSR count). The Morgan fingerprint density at radius 2 is 1.73 bits per heavy atom. The molecule has 0 aliphatic heterocycles. The third-order valence-electron chi connectivity index (χ3n) is 2.53. The highest BCUT2D eigenvalue weighted by Gasteiger charge is 2.21. The van der Waals surface area contributed by atoms with Crippen molar-refractivity contribution < 1.29 is 27.1 Å². The molecule has 1 amide bonds. The van der Waals surface area contributed by atoms with Crippen molar-refractivity contribution >= 4 is 27.5 Å². The van der Waals surface area contributed by atoms with Crippen LogP contribution in [0.5, 0.6) is 5.75 Å². The molecule has 0 bridgehead atoms. The van der Waals surface area contributed by atoms with Crippen LogP contribution in [0.4, 0.5) is 23.2 Å². The first-order valence-corrected chi connectivity index (χ1v) is 6.69. The maximum Gasteiger partial charge on any atom is 0.262 e. The largest absolute Gasteiger partial charge is 0.477 e. The SMILES string of the molecule is O=C(COc1c(F)c(F)cc(F)c1F)Nc1cccc(Br)c1. The third kappa shape index (κ3) is 3.76. The summed E-state index contributed by atoms with van der Waals surface area (Å²) in [6.45, 7) is -0.816. The first-order valence-electron chi connectivity index (χ1n) is 5.89. The van der Waals surface area contributed by atoms with E-state index < -0.39 is 41.5 Å². The van der Waals surface area contributed by atoms with E-state index in [1.807, 2.05) is 0 Å². The van der Waals surface area contributed by atoms with Gasteiger partial charge in [0.1, 0.15) is 0 Å². The van der Waals surface area contributed by atoms with E-state index in [1.54, 1.807) is 24.3 Å². The Kier molecular flexibility index (Phi) is 5.02. The minimum atomic E-state index is -1.70. The summed E-state index contributed by atoms with van der Waals surface area (Å²) < 4.78 is 57.8. The summed E-state index contributed by atoms with van der Waals surface area (Å²) >= 11 is 3.20. The molecule has 0 saturated heterocycles. The highest BCUT2D eigenvalue weighted by atomic mass is 79.9.